The lowest BCUT2D eigenvalue weighted by molar-refractivity contribution is 0.0946. The summed E-state index contributed by atoms with van der Waals surface area (Å²) in [5.41, 5.74) is 2.25. The summed E-state index contributed by atoms with van der Waals surface area (Å²) in [7, 11) is -3.40. The Balaban J connectivity index is 1.37. The van der Waals surface area contributed by atoms with Gasteiger partial charge in [0.2, 0.25) is 10.0 Å². The summed E-state index contributed by atoms with van der Waals surface area (Å²) in [4.78, 5) is 12.5. The molecule has 2 fully saturated rings. The van der Waals surface area contributed by atoms with Gasteiger partial charge in [-0.25, -0.2) is 8.42 Å². The molecular formula is C18H22N4O3S. The number of hydrogen-bond donors (Lipinski definition) is 2. The topological polar surface area (TPSA) is 95.2 Å². The first kappa shape index (κ1) is 17.2. The third-order valence-corrected chi connectivity index (χ3v) is 6.84. The Labute approximate surface area is 152 Å². The van der Waals surface area contributed by atoms with Gasteiger partial charge >= 0.3 is 0 Å². The standard InChI is InChI=1S/C18H22N4O3S/c23-18(17-11-16(20-21-17)14-5-6-14)19-12-13-3-7-15(8-4-13)26(24,25)22-9-1-2-10-22/h3-4,7-8,11,14H,1-2,5-6,9-10,12H2,(H,19,23)(H,20,21). The molecule has 4 rings (SSSR count). The number of nitrogens with zero attached hydrogens (tertiary/aromatic N) is 2. The van der Waals surface area contributed by atoms with Crippen molar-refractivity contribution >= 4 is 15.9 Å². The van der Waals surface area contributed by atoms with E-state index >= 15 is 0 Å². The van der Waals surface area contributed by atoms with Crippen molar-refractivity contribution < 1.29 is 13.2 Å². The maximum Gasteiger partial charge on any atom is 0.272 e. The van der Waals surface area contributed by atoms with E-state index in [1.54, 1.807) is 30.3 Å². The second-order valence-corrected chi connectivity index (χ2v) is 8.86. The van der Waals surface area contributed by atoms with Gasteiger partial charge in [0.15, 0.2) is 0 Å². The van der Waals surface area contributed by atoms with Crippen LogP contribution < -0.4 is 5.32 Å². The predicted molar refractivity (Wildman–Crippen MR) is 96.2 cm³/mol. The lowest BCUT2D eigenvalue weighted by Gasteiger charge is -2.15. The molecular weight excluding hydrogens is 352 g/mol. The van der Waals surface area contributed by atoms with Crippen LogP contribution in [0.3, 0.4) is 0 Å². The molecule has 138 valence electrons. The van der Waals surface area contributed by atoms with Gasteiger partial charge in [0, 0.05) is 31.2 Å². The first-order valence-electron chi connectivity index (χ1n) is 8.96. The van der Waals surface area contributed by atoms with Crippen molar-refractivity contribution in [1.29, 1.82) is 0 Å². The maximum atomic E-state index is 12.5. The first-order chi connectivity index (χ1) is 12.5. The first-order valence-corrected chi connectivity index (χ1v) is 10.4. The van der Waals surface area contributed by atoms with Gasteiger partial charge in [0.1, 0.15) is 5.69 Å². The van der Waals surface area contributed by atoms with E-state index in [4.69, 9.17) is 0 Å². The van der Waals surface area contributed by atoms with E-state index in [0.29, 0.717) is 36.1 Å². The second kappa shape index (κ2) is 6.85. The number of amides is 1. The molecule has 2 N–H and O–H groups in total. The molecule has 1 aromatic carbocycles. The van der Waals surface area contributed by atoms with Crippen molar-refractivity contribution in [3.05, 3.63) is 47.3 Å². The Morgan fingerprint density at radius 1 is 1.19 bits per heavy atom. The highest BCUT2D eigenvalue weighted by molar-refractivity contribution is 7.89. The molecule has 2 heterocycles. The van der Waals surface area contributed by atoms with E-state index in [1.807, 2.05) is 0 Å². The third kappa shape index (κ3) is 3.52. The molecule has 1 saturated heterocycles. The summed E-state index contributed by atoms with van der Waals surface area (Å²) < 4.78 is 26.5. The fraction of sp³-hybridized carbons (Fsp3) is 0.444. The Morgan fingerprint density at radius 3 is 2.54 bits per heavy atom. The van der Waals surface area contributed by atoms with Crippen LogP contribution >= 0.6 is 0 Å². The van der Waals surface area contributed by atoms with Gasteiger partial charge in [-0.15, -0.1) is 0 Å². The van der Waals surface area contributed by atoms with E-state index in [2.05, 4.69) is 15.5 Å². The van der Waals surface area contributed by atoms with Gasteiger partial charge < -0.3 is 5.32 Å². The molecule has 2 aliphatic rings. The molecule has 0 unspecified atom stereocenters. The molecule has 0 radical (unpaired) electrons. The van der Waals surface area contributed by atoms with Crippen molar-refractivity contribution in [2.45, 2.75) is 43.0 Å². The van der Waals surface area contributed by atoms with Gasteiger partial charge in [-0.1, -0.05) is 12.1 Å². The number of aromatic amines is 1. The van der Waals surface area contributed by atoms with Crippen molar-refractivity contribution in [3.8, 4) is 0 Å². The third-order valence-electron chi connectivity index (χ3n) is 4.93. The van der Waals surface area contributed by atoms with Crippen molar-refractivity contribution in [3.63, 3.8) is 0 Å². The SMILES string of the molecule is O=C(NCc1ccc(S(=O)(=O)N2CCCC2)cc1)c1cc(C2CC2)[nH]n1. The van der Waals surface area contributed by atoms with Gasteiger partial charge in [-0.2, -0.15) is 9.40 Å². The van der Waals surface area contributed by atoms with Crippen LogP contribution in [-0.2, 0) is 16.6 Å². The van der Waals surface area contributed by atoms with E-state index in [1.165, 1.54) is 4.31 Å². The predicted octanol–water partition coefficient (Wildman–Crippen LogP) is 2.00. The molecule has 1 aliphatic carbocycles. The van der Waals surface area contributed by atoms with Crippen LogP contribution in [0, 0.1) is 0 Å². The Morgan fingerprint density at radius 2 is 1.88 bits per heavy atom. The zero-order chi connectivity index (χ0) is 18.1. The van der Waals surface area contributed by atoms with Crippen LogP contribution in [0.25, 0.3) is 0 Å². The zero-order valence-electron chi connectivity index (χ0n) is 14.4. The maximum absolute atomic E-state index is 12.5. The molecule has 1 aromatic heterocycles. The molecule has 0 atom stereocenters. The van der Waals surface area contributed by atoms with Gasteiger partial charge in [-0.05, 0) is 49.4 Å². The molecule has 0 bridgehead atoms. The van der Waals surface area contributed by atoms with Crippen LogP contribution in [-0.4, -0.2) is 41.9 Å². The highest BCUT2D eigenvalue weighted by Gasteiger charge is 2.27. The summed E-state index contributed by atoms with van der Waals surface area (Å²) in [5.74, 6) is 0.288. The molecule has 0 spiro atoms. The molecule has 1 aliphatic heterocycles. The lowest BCUT2D eigenvalue weighted by atomic mass is 10.2. The van der Waals surface area contributed by atoms with Gasteiger partial charge in [-0.3, -0.25) is 9.89 Å². The van der Waals surface area contributed by atoms with Crippen molar-refractivity contribution in [1.82, 2.24) is 19.8 Å². The molecule has 8 heteroatoms. The number of H-pyrrole nitrogens is 1. The molecule has 26 heavy (non-hydrogen) atoms. The van der Waals surface area contributed by atoms with Crippen LogP contribution in [0.4, 0.5) is 0 Å². The molecule has 7 nitrogen and oxygen atoms in total. The second-order valence-electron chi connectivity index (χ2n) is 6.92. The highest BCUT2D eigenvalue weighted by Crippen LogP contribution is 2.38. The monoisotopic (exact) mass is 374 g/mol. The average Bonchev–Trinajstić information content (AvgIpc) is 3.14. The Hall–Kier alpha value is -2.19. The minimum Gasteiger partial charge on any atom is -0.347 e. The largest absolute Gasteiger partial charge is 0.347 e. The average molecular weight is 374 g/mol. The quantitative estimate of drug-likeness (QED) is 0.808. The number of hydrogen-bond acceptors (Lipinski definition) is 4. The number of carbonyl (C=O) groups is 1. The van der Waals surface area contributed by atoms with E-state index in [-0.39, 0.29) is 5.91 Å². The van der Waals surface area contributed by atoms with Crippen LogP contribution in [0.5, 0.6) is 0 Å². The number of benzene rings is 1. The van der Waals surface area contributed by atoms with Crippen LogP contribution in [0.15, 0.2) is 35.2 Å². The normalized spacial score (nSPS) is 18.2. The van der Waals surface area contributed by atoms with Crippen LogP contribution in [0.1, 0.15) is 53.3 Å². The fourth-order valence-corrected chi connectivity index (χ4v) is 4.70. The Kier molecular flexibility index (Phi) is 4.54. The van der Waals surface area contributed by atoms with E-state index in [0.717, 1.165) is 36.9 Å². The van der Waals surface area contributed by atoms with Crippen molar-refractivity contribution in [2.24, 2.45) is 0 Å². The fourth-order valence-electron chi connectivity index (χ4n) is 3.19. The van der Waals surface area contributed by atoms with Crippen molar-refractivity contribution in [2.75, 3.05) is 13.1 Å². The van der Waals surface area contributed by atoms with Gasteiger partial charge in [0.25, 0.3) is 5.91 Å². The Bertz CT molecular complexity index is 895. The highest BCUT2D eigenvalue weighted by atomic mass is 32.2. The summed E-state index contributed by atoms with van der Waals surface area (Å²) in [6.07, 6.45) is 4.13. The number of carbonyl (C=O) groups excluding carboxylic acids is 1. The summed E-state index contributed by atoms with van der Waals surface area (Å²) in [5, 5.41) is 9.79. The zero-order valence-corrected chi connectivity index (χ0v) is 15.3. The number of sulfonamides is 1. The summed E-state index contributed by atoms with van der Waals surface area (Å²) >= 11 is 0. The van der Waals surface area contributed by atoms with Crippen LogP contribution in [0.2, 0.25) is 0 Å². The minimum atomic E-state index is -3.40. The smallest absolute Gasteiger partial charge is 0.272 e. The minimum absolute atomic E-state index is 0.234. The molecule has 2 aromatic rings. The molecule has 1 amide bonds. The number of nitrogens with one attached hydrogen (secondary N) is 2. The van der Waals surface area contributed by atoms with E-state index < -0.39 is 10.0 Å². The summed E-state index contributed by atoms with van der Waals surface area (Å²) in [6.45, 7) is 1.51. The molecule has 1 saturated carbocycles. The number of rotatable bonds is 6. The van der Waals surface area contributed by atoms with Gasteiger partial charge in [0.05, 0.1) is 4.90 Å². The number of aromatic nitrogens is 2. The summed E-state index contributed by atoms with van der Waals surface area (Å²) in [6, 6.07) is 8.50. The van der Waals surface area contributed by atoms with E-state index in [9.17, 15) is 13.2 Å². The lowest BCUT2D eigenvalue weighted by Crippen LogP contribution is -2.28.